The quantitative estimate of drug-likeness (QED) is 0.345. The van der Waals surface area contributed by atoms with E-state index in [1.54, 1.807) is 0 Å². The molecule has 0 aliphatic heterocycles. The van der Waals surface area contributed by atoms with E-state index in [1.807, 2.05) is 0 Å². The van der Waals surface area contributed by atoms with Crippen molar-refractivity contribution in [2.75, 3.05) is 13.2 Å². The summed E-state index contributed by atoms with van der Waals surface area (Å²) in [6, 6.07) is 3.77. The summed E-state index contributed by atoms with van der Waals surface area (Å²) >= 11 is 0.948. The number of ether oxygens (including phenoxy) is 1. The maximum absolute atomic E-state index is 13.6. The Kier molecular flexibility index (Phi) is 9.47. The predicted octanol–water partition coefficient (Wildman–Crippen LogP) is 5.19. The number of nitrogens with two attached hydrogens (primary N) is 1. The van der Waals surface area contributed by atoms with E-state index in [4.69, 9.17) is 15.6 Å². The summed E-state index contributed by atoms with van der Waals surface area (Å²) in [6.45, 7) is 1.67. The highest BCUT2D eigenvalue weighted by molar-refractivity contribution is 7.15. The van der Waals surface area contributed by atoms with Gasteiger partial charge in [0.2, 0.25) is 0 Å². The summed E-state index contributed by atoms with van der Waals surface area (Å²) in [5, 5.41) is 18.7. The molecule has 0 aliphatic rings. The number of halogens is 3. The molecular weight excluding hydrogens is 445 g/mol. The summed E-state index contributed by atoms with van der Waals surface area (Å²) in [4.78, 5) is 15.5. The Morgan fingerprint density at radius 2 is 1.88 bits per heavy atom. The number of aromatic nitrogens is 1. The maximum atomic E-state index is 13.6. The van der Waals surface area contributed by atoms with Gasteiger partial charge in [0.15, 0.2) is 0 Å². The van der Waals surface area contributed by atoms with E-state index in [0.29, 0.717) is 11.3 Å². The van der Waals surface area contributed by atoms with Gasteiger partial charge in [0.05, 0.1) is 30.1 Å². The lowest BCUT2D eigenvalue weighted by Gasteiger charge is -2.22. The first kappa shape index (κ1) is 26.1. The Labute approximate surface area is 189 Å². The smallest absolute Gasteiger partial charge is 0.419 e. The molecule has 0 saturated carbocycles. The lowest BCUT2D eigenvalue weighted by Crippen LogP contribution is -2.42. The number of carboxylic acid groups (broad SMARTS) is 1. The predicted molar refractivity (Wildman–Crippen MR) is 117 cm³/mol. The molecule has 0 fully saturated rings. The molecule has 0 saturated heterocycles. The van der Waals surface area contributed by atoms with Crippen LogP contribution in [0.25, 0.3) is 10.4 Å². The van der Waals surface area contributed by atoms with Crippen LogP contribution in [0.4, 0.5) is 13.2 Å². The molecule has 0 bridgehead atoms. The second-order valence-electron chi connectivity index (χ2n) is 7.74. The number of hydrogen-bond donors (Lipinski definition) is 3. The minimum absolute atomic E-state index is 0.134. The van der Waals surface area contributed by atoms with E-state index in [1.165, 1.54) is 18.3 Å². The van der Waals surface area contributed by atoms with Gasteiger partial charge in [0, 0.05) is 6.20 Å². The minimum Gasteiger partial charge on any atom is -0.493 e. The fourth-order valence-electron chi connectivity index (χ4n) is 3.20. The number of carboxylic acids is 1. The van der Waals surface area contributed by atoms with Crippen LogP contribution in [0.2, 0.25) is 0 Å². The average molecular weight is 475 g/mol. The van der Waals surface area contributed by atoms with Gasteiger partial charge in [-0.3, -0.25) is 4.79 Å². The van der Waals surface area contributed by atoms with Crippen LogP contribution in [0.1, 0.15) is 62.4 Å². The molecule has 1 unspecified atom stereocenters. The molecule has 1 aromatic heterocycles. The van der Waals surface area contributed by atoms with Gasteiger partial charge in [-0.2, -0.15) is 13.2 Å². The Balaban J connectivity index is 2.17. The number of benzene rings is 1. The number of unbranched alkanes of at least 4 members (excludes halogenated alkanes) is 5. The fraction of sp³-hybridized carbons (Fsp3) is 0.545. The summed E-state index contributed by atoms with van der Waals surface area (Å²) in [6.07, 6.45) is 2.18. The standard InChI is InChI=1S/C22H29F3N2O4S/c1-2-3-4-5-6-7-10-31-17-9-8-15(11-16(17)22(23,24)25)18-13-27-20(32-18)21(26,14-28)12-19(29)30/h8-9,11,13,28H,2-7,10,12,14,26H2,1H3,(H,29,30). The number of rotatable bonds is 13. The summed E-state index contributed by atoms with van der Waals surface area (Å²) in [5.74, 6) is -1.45. The van der Waals surface area contributed by atoms with Crippen molar-refractivity contribution in [2.24, 2.45) is 5.73 Å². The van der Waals surface area contributed by atoms with Crippen molar-refractivity contribution >= 4 is 17.3 Å². The molecule has 178 valence electrons. The van der Waals surface area contributed by atoms with Gasteiger partial charge in [-0.05, 0) is 30.2 Å². The van der Waals surface area contributed by atoms with Crippen LogP contribution < -0.4 is 10.5 Å². The second kappa shape index (κ2) is 11.6. The van der Waals surface area contributed by atoms with Crippen LogP contribution in [0.15, 0.2) is 24.4 Å². The molecule has 1 aromatic carbocycles. The van der Waals surface area contributed by atoms with Gasteiger partial charge in [-0.25, -0.2) is 4.98 Å². The van der Waals surface area contributed by atoms with Gasteiger partial charge in [0.1, 0.15) is 16.3 Å². The largest absolute Gasteiger partial charge is 0.493 e. The van der Waals surface area contributed by atoms with E-state index < -0.39 is 36.3 Å². The molecular formula is C22H29F3N2O4S. The first-order chi connectivity index (χ1) is 15.1. The molecule has 2 rings (SSSR count). The SMILES string of the molecule is CCCCCCCCOc1ccc(-c2cnc(C(N)(CO)CC(=O)O)s2)cc1C(F)(F)F. The van der Waals surface area contributed by atoms with Crippen molar-refractivity contribution in [1.82, 2.24) is 4.98 Å². The van der Waals surface area contributed by atoms with Crippen molar-refractivity contribution in [3.05, 3.63) is 35.0 Å². The Bertz CT molecular complexity index is 888. The molecule has 6 nitrogen and oxygen atoms in total. The zero-order valence-electron chi connectivity index (χ0n) is 18.0. The number of aliphatic hydroxyl groups excluding tert-OH is 1. The van der Waals surface area contributed by atoms with Crippen LogP contribution in [-0.4, -0.2) is 34.4 Å². The van der Waals surface area contributed by atoms with Crippen molar-refractivity contribution < 1.29 is 32.9 Å². The van der Waals surface area contributed by atoms with E-state index in [9.17, 15) is 23.1 Å². The van der Waals surface area contributed by atoms with E-state index >= 15 is 0 Å². The highest BCUT2D eigenvalue weighted by Crippen LogP contribution is 2.40. The average Bonchev–Trinajstić information content (AvgIpc) is 3.23. The first-order valence-corrected chi connectivity index (χ1v) is 11.3. The number of carbonyl (C=O) groups is 1. The molecule has 0 aliphatic carbocycles. The molecule has 1 heterocycles. The fourth-order valence-corrected chi connectivity index (χ4v) is 4.21. The normalized spacial score (nSPS) is 13.7. The zero-order valence-corrected chi connectivity index (χ0v) is 18.8. The number of aliphatic hydroxyl groups is 1. The third-order valence-corrected chi connectivity index (χ3v) is 6.27. The number of hydrogen-bond acceptors (Lipinski definition) is 6. The van der Waals surface area contributed by atoms with Crippen molar-refractivity contribution in [1.29, 1.82) is 0 Å². The topological polar surface area (TPSA) is 106 Å². The van der Waals surface area contributed by atoms with Gasteiger partial charge in [-0.15, -0.1) is 11.3 Å². The highest BCUT2D eigenvalue weighted by Gasteiger charge is 2.36. The molecule has 4 N–H and O–H groups in total. The van der Waals surface area contributed by atoms with Gasteiger partial charge in [0.25, 0.3) is 0 Å². The van der Waals surface area contributed by atoms with Gasteiger partial charge < -0.3 is 20.7 Å². The third kappa shape index (κ3) is 7.18. The van der Waals surface area contributed by atoms with E-state index in [-0.39, 0.29) is 22.9 Å². The van der Waals surface area contributed by atoms with Crippen LogP contribution in [0, 0.1) is 0 Å². The van der Waals surface area contributed by atoms with Crippen LogP contribution in [0.5, 0.6) is 5.75 Å². The molecule has 10 heteroatoms. The van der Waals surface area contributed by atoms with Gasteiger partial charge >= 0.3 is 12.1 Å². The van der Waals surface area contributed by atoms with E-state index in [2.05, 4.69) is 11.9 Å². The van der Waals surface area contributed by atoms with Gasteiger partial charge in [-0.1, -0.05) is 39.0 Å². The Morgan fingerprint density at radius 1 is 1.19 bits per heavy atom. The summed E-state index contributed by atoms with van der Waals surface area (Å²) in [7, 11) is 0. The molecule has 0 amide bonds. The van der Waals surface area contributed by atoms with Crippen LogP contribution in [0.3, 0.4) is 0 Å². The maximum Gasteiger partial charge on any atom is 0.419 e. The van der Waals surface area contributed by atoms with Crippen molar-refractivity contribution in [3.63, 3.8) is 0 Å². The lowest BCUT2D eigenvalue weighted by atomic mass is 9.99. The second-order valence-corrected chi connectivity index (χ2v) is 8.77. The molecule has 0 spiro atoms. The number of aliphatic carboxylic acids is 1. The molecule has 1 atom stereocenters. The van der Waals surface area contributed by atoms with E-state index in [0.717, 1.165) is 49.5 Å². The lowest BCUT2D eigenvalue weighted by molar-refractivity contribution is -0.139. The van der Waals surface area contributed by atoms with Crippen LogP contribution in [-0.2, 0) is 16.5 Å². The molecule has 2 aromatic rings. The monoisotopic (exact) mass is 474 g/mol. The minimum atomic E-state index is -4.61. The Hall–Kier alpha value is -2.17. The number of nitrogens with zero attached hydrogens (tertiary/aromatic N) is 1. The first-order valence-electron chi connectivity index (χ1n) is 10.5. The Morgan fingerprint density at radius 3 is 2.50 bits per heavy atom. The molecule has 0 radical (unpaired) electrons. The van der Waals surface area contributed by atoms with Crippen LogP contribution >= 0.6 is 11.3 Å². The summed E-state index contributed by atoms with van der Waals surface area (Å²) in [5.41, 5.74) is 3.72. The highest BCUT2D eigenvalue weighted by atomic mass is 32.1. The zero-order chi connectivity index (χ0) is 23.8. The van der Waals surface area contributed by atoms with Crippen molar-refractivity contribution in [2.45, 2.75) is 63.6 Å². The molecule has 32 heavy (non-hydrogen) atoms. The number of thiazole rings is 1. The third-order valence-electron chi connectivity index (χ3n) is 5.01. The van der Waals surface area contributed by atoms with Crippen molar-refractivity contribution in [3.8, 4) is 16.2 Å². The summed E-state index contributed by atoms with van der Waals surface area (Å²) < 4.78 is 46.4. The number of alkyl halides is 3.